The van der Waals surface area contributed by atoms with Gasteiger partial charge in [0.2, 0.25) is 0 Å². The maximum Gasteiger partial charge on any atom is 0.0120 e. The zero-order valence-electron chi connectivity index (χ0n) is 8.76. The molecule has 0 aromatic heterocycles. The van der Waals surface area contributed by atoms with Crippen molar-refractivity contribution in [3.8, 4) is 0 Å². The lowest BCUT2D eigenvalue weighted by Crippen LogP contribution is -2.54. The highest BCUT2D eigenvalue weighted by atomic mass is 15.2. The van der Waals surface area contributed by atoms with Gasteiger partial charge in [-0.25, -0.2) is 0 Å². The quantitative estimate of drug-likeness (QED) is 0.711. The molecule has 2 saturated heterocycles. The second-order valence-electron chi connectivity index (χ2n) is 4.59. The Labute approximate surface area is 81.7 Å². The molecule has 0 radical (unpaired) electrons. The molecule has 0 aromatic rings. The number of piperidine rings is 1. The first-order valence-corrected chi connectivity index (χ1v) is 5.85. The molecule has 13 heavy (non-hydrogen) atoms. The van der Waals surface area contributed by atoms with Crippen LogP contribution in [-0.2, 0) is 0 Å². The normalized spacial score (nSPS) is 27.5. The molecule has 0 aliphatic carbocycles. The van der Waals surface area contributed by atoms with Crippen LogP contribution in [0.25, 0.3) is 0 Å². The Kier molecular flexibility index (Phi) is 3.23. The molecule has 2 aliphatic heterocycles. The van der Waals surface area contributed by atoms with Gasteiger partial charge >= 0.3 is 0 Å². The molecule has 0 saturated carbocycles. The molecule has 76 valence electrons. The van der Waals surface area contributed by atoms with E-state index in [9.17, 15) is 0 Å². The fourth-order valence-electron chi connectivity index (χ4n) is 2.67. The van der Waals surface area contributed by atoms with E-state index in [1.54, 1.807) is 0 Å². The van der Waals surface area contributed by atoms with Crippen LogP contribution in [0.5, 0.6) is 0 Å². The van der Waals surface area contributed by atoms with Gasteiger partial charge in [-0.05, 0) is 38.3 Å². The predicted octanol–water partition coefficient (Wildman–Crippen LogP) is 1.47. The van der Waals surface area contributed by atoms with Crippen LogP contribution in [0.1, 0.15) is 32.6 Å². The van der Waals surface area contributed by atoms with Crippen molar-refractivity contribution in [3.05, 3.63) is 0 Å². The van der Waals surface area contributed by atoms with E-state index in [0.717, 1.165) is 12.0 Å². The van der Waals surface area contributed by atoms with E-state index >= 15 is 0 Å². The number of likely N-dealkylation sites (tertiary alicyclic amines) is 1. The lowest BCUT2D eigenvalue weighted by atomic mass is 9.91. The van der Waals surface area contributed by atoms with E-state index in [1.807, 2.05) is 0 Å². The first-order chi connectivity index (χ1) is 6.40. The summed E-state index contributed by atoms with van der Waals surface area (Å²) in [6.45, 7) is 7.55. The maximum atomic E-state index is 3.43. The number of hydrogen-bond donors (Lipinski definition) is 1. The van der Waals surface area contributed by atoms with Crippen LogP contribution in [0.3, 0.4) is 0 Å². The highest BCUT2D eigenvalue weighted by molar-refractivity contribution is 4.87. The van der Waals surface area contributed by atoms with Gasteiger partial charge in [-0.15, -0.1) is 0 Å². The lowest BCUT2D eigenvalue weighted by Gasteiger charge is -2.46. The number of rotatable bonds is 3. The zero-order chi connectivity index (χ0) is 9.10. The van der Waals surface area contributed by atoms with Gasteiger partial charge in [0, 0.05) is 19.1 Å². The van der Waals surface area contributed by atoms with Crippen molar-refractivity contribution in [3.63, 3.8) is 0 Å². The third-order valence-electron chi connectivity index (χ3n) is 3.51. The molecule has 0 bridgehead atoms. The van der Waals surface area contributed by atoms with Crippen molar-refractivity contribution in [1.82, 2.24) is 10.2 Å². The number of nitrogens with one attached hydrogen (secondary N) is 1. The molecule has 2 nitrogen and oxygen atoms in total. The first-order valence-electron chi connectivity index (χ1n) is 5.85. The van der Waals surface area contributed by atoms with Crippen molar-refractivity contribution in [1.29, 1.82) is 0 Å². The lowest BCUT2D eigenvalue weighted by molar-refractivity contribution is 0.0341. The van der Waals surface area contributed by atoms with Crippen molar-refractivity contribution in [2.45, 2.75) is 38.6 Å². The van der Waals surface area contributed by atoms with Gasteiger partial charge in [-0.3, -0.25) is 4.90 Å². The molecule has 2 aliphatic rings. The first kappa shape index (κ1) is 9.47. The Hall–Kier alpha value is -0.0800. The molecule has 2 heteroatoms. The van der Waals surface area contributed by atoms with E-state index in [1.165, 1.54) is 51.9 Å². The molecule has 0 atom stereocenters. The summed E-state index contributed by atoms with van der Waals surface area (Å²) in [6, 6.07) is 0.911. The molecule has 1 N–H and O–H groups in total. The van der Waals surface area contributed by atoms with Gasteiger partial charge in [0.25, 0.3) is 0 Å². The minimum atomic E-state index is 0.911. The highest BCUT2D eigenvalue weighted by Gasteiger charge is 2.31. The van der Waals surface area contributed by atoms with Gasteiger partial charge < -0.3 is 5.32 Å². The fraction of sp³-hybridized carbons (Fsp3) is 1.00. The van der Waals surface area contributed by atoms with E-state index in [-0.39, 0.29) is 0 Å². The van der Waals surface area contributed by atoms with Crippen LogP contribution < -0.4 is 5.32 Å². The topological polar surface area (TPSA) is 15.3 Å². The molecule has 2 heterocycles. The van der Waals surface area contributed by atoms with Crippen LogP contribution in [0.2, 0.25) is 0 Å². The predicted molar refractivity (Wildman–Crippen MR) is 55.9 cm³/mol. The third kappa shape index (κ3) is 2.23. The van der Waals surface area contributed by atoms with Gasteiger partial charge in [0.15, 0.2) is 0 Å². The van der Waals surface area contributed by atoms with E-state index in [4.69, 9.17) is 0 Å². The summed E-state index contributed by atoms with van der Waals surface area (Å²) in [5.74, 6) is 1.03. The Balaban J connectivity index is 1.66. The summed E-state index contributed by atoms with van der Waals surface area (Å²) in [4.78, 5) is 2.70. The van der Waals surface area contributed by atoms with Crippen LogP contribution in [0.15, 0.2) is 0 Å². The Morgan fingerprint density at radius 1 is 1.23 bits per heavy atom. The summed E-state index contributed by atoms with van der Waals surface area (Å²) < 4.78 is 0. The molecule has 0 spiro atoms. The summed E-state index contributed by atoms with van der Waals surface area (Å²) >= 11 is 0. The Morgan fingerprint density at radius 3 is 2.54 bits per heavy atom. The summed E-state index contributed by atoms with van der Waals surface area (Å²) in [5.41, 5.74) is 0. The summed E-state index contributed by atoms with van der Waals surface area (Å²) in [5, 5.41) is 3.43. The van der Waals surface area contributed by atoms with Crippen LogP contribution >= 0.6 is 0 Å². The van der Waals surface area contributed by atoms with Gasteiger partial charge in [-0.2, -0.15) is 0 Å². The van der Waals surface area contributed by atoms with Crippen molar-refractivity contribution in [2.75, 3.05) is 26.2 Å². The smallest absolute Gasteiger partial charge is 0.0120 e. The summed E-state index contributed by atoms with van der Waals surface area (Å²) in [6.07, 6.45) is 5.56. The van der Waals surface area contributed by atoms with Crippen molar-refractivity contribution >= 4 is 0 Å². The highest BCUT2D eigenvalue weighted by Crippen LogP contribution is 2.25. The largest absolute Gasteiger partial charge is 0.317 e. The van der Waals surface area contributed by atoms with E-state index in [0.29, 0.717) is 0 Å². The zero-order valence-corrected chi connectivity index (χ0v) is 8.76. The fourth-order valence-corrected chi connectivity index (χ4v) is 2.67. The Morgan fingerprint density at radius 2 is 1.92 bits per heavy atom. The van der Waals surface area contributed by atoms with E-state index in [2.05, 4.69) is 17.1 Å². The molecule has 0 amide bonds. The van der Waals surface area contributed by atoms with Crippen molar-refractivity contribution in [2.24, 2.45) is 5.92 Å². The molecule has 2 rings (SSSR count). The average molecular weight is 182 g/mol. The molecule has 2 fully saturated rings. The minimum absolute atomic E-state index is 0.911. The summed E-state index contributed by atoms with van der Waals surface area (Å²) in [7, 11) is 0. The minimum Gasteiger partial charge on any atom is -0.317 e. The van der Waals surface area contributed by atoms with Gasteiger partial charge in [0.05, 0.1) is 0 Å². The molecule has 0 unspecified atom stereocenters. The molecule has 0 aromatic carbocycles. The second-order valence-corrected chi connectivity index (χ2v) is 4.59. The molecular weight excluding hydrogens is 160 g/mol. The van der Waals surface area contributed by atoms with Crippen LogP contribution in [0, 0.1) is 5.92 Å². The number of nitrogens with zero attached hydrogens (tertiary/aromatic N) is 1. The SMILES string of the molecule is CCCC1CN(C2CCNCC2)C1. The number of hydrogen-bond acceptors (Lipinski definition) is 2. The Bertz CT molecular complexity index is 146. The van der Waals surface area contributed by atoms with E-state index < -0.39 is 0 Å². The average Bonchev–Trinajstić information content (AvgIpc) is 2.12. The third-order valence-corrected chi connectivity index (χ3v) is 3.51. The molecular formula is C11H22N2. The van der Waals surface area contributed by atoms with Crippen molar-refractivity contribution < 1.29 is 0 Å². The van der Waals surface area contributed by atoms with Gasteiger partial charge in [-0.1, -0.05) is 13.3 Å². The van der Waals surface area contributed by atoms with Crippen LogP contribution in [-0.4, -0.2) is 37.1 Å². The van der Waals surface area contributed by atoms with Crippen LogP contribution in [0.4, 0.5) is 0 Å². The second kappa shape index (κ2) is 4.43. The standard InChI is InChI=1S/C11H22N2/c1-2-3-10-8-13(9-10)11-4-6-12-7-5-11/h10-12H,2-9H2,1H3. The monoisotopic (exact) mass is 182 g/mol. The van der Waals surface area contributed by atoms with Gasteiger partial charge in [0.1, 0.15) is 0 Å². The maximum absolute atomic E-state index is 3.43.